The molecule has 0 atom stereocenters. The summed E-state index contributed by atoms with van der Waals surface area (Å²) in [5.41, 5.74) is 0.601. The minimum atomic E-state index is -0.317. The van der Waals surface area contributed by atoms with Crippen molar-refractivity contribution in [3.8, 4) is 0 Å². The Bertz CT molecular complexity index is 471. The van der Waals surface area contributed by atoms with Crippen molar-refractivity contribution < 1.29 is 14.3 Å². The van der Waals surface area contributed by atoms with Crippen molar-refractivity contribution in [2.75, 3.05) is 20.2 Å². The molecule has 0 saturated heterocycles. The van der Waals surface area contributed by atoms with E-state index in [1.54, 1.807) is 32.2 Å². The topological polar surface area (TPSA) is 46.6 Å². The van der Waals surface area contributed by atoms with Crippen molar-refractivity contribution in [3.05, 3.63) is 33.8 Å². The summed E-state index contributed by atoms with van der Waals surface area (Å²) in [5, 5.41) is 0.925. The lowest BCUT2D eigenvalue weighted by molar-refractivity contribution is -0.143. The maximum atomic E-state index is 12.0. The standard InChI is InChI=1S/C14H17Cl2NO3/c1-3-20-14(19)7-8-17(2)13(18)9-10-11(15)5-4-6-12(10)16/h4-6H,3,7-9H2,1-2H3. The second-order valence-electron chi connectivity index (χ2n) is 4.25. The normalized spacial score (nSPS) is 10.2. The average Bonchev–Trinajstić information content (AvgIpc) is 2.40. The number of hydrogen-bond acceptors (Lipinski definition) is 3. The van der Waals surface area contributed by atoms with Crippen molar-refractivity contribution in [1.82, 2.24) is 4.90 Å². The summed E-state index contributed by atoms with van der Waals surface area (Å²) in [6.07, 6.45) is 0.282. The minimum Gasteiger partial charge on any atom is -0.466 e. The van der Waals surface area contributed by atoms with Crippen LogP contribution in [0.15, 0.2) is 18.2 Å². The molecule has 0 N–H and O–H groups in total. The molecule has 6 heteroatoms. The van der Waals surface area contributed by atoms with E-state index in [4.69, 9.17) is 27.9 Å². The number of rotatable bonds is 6. The molecule has 1 rings (SSSR count). The second kappa shape index (κ2) is 8.12. The van der Waals surface area contributed by atoms with Crippen molar-refractivity contribution in [3.63, 3.8) is 0 Å². The largest absolute Gasteiger partial charge is 0.466 e. The van der Waals surface area contributed by atoms with Crippen LogP contribution in [0.2, 0.25) is 10.0 Å². The number of amides is 1. The first-order chi connectivity index (χ1) is 9.45. The Morgan fingerprint density at radius 3 is 2.40 bits per heavy atom. The molecule has 0 aromatic heterocycles. The first-order valence-corrected chi connectivity index (χ1v) is 7.03. The zero-order chi connectivity index (χ0) is 15.1. The van der Waals surface area contributed by atoms with Crippen molar-refractivity contribution in [2.45, 2.75) is 19.8 Å². The predicted molar refractivity (Wildman–Crippen MR) is 79.1 cm³/mol. The van der Waals surface area contributed by atoms with Gasteiger partial charge < -0.3 is 9.64 Å². The fourth-order valence-electron chi connectivity index (χ4n) is 1.60. The van der Waals surface area contributed by atoms with Crippen molar-refractivity contribution in [2.24, 2.45) is 0 Å². The monoisotopic (exact) mass is 317 g/mol. The number of halogens is 2. The molecule has 0 bridgehead atoms. The van der Waals surface area contributed by atoms with Gasteiger partial charge in [0.1, 0.15) is 0 Å². The highest BCUT2D eigenvalue weighted by atomic mass is 35.5. The number of likely N-dealkylation sites (N-methyl/N-ethyl adjacent to an activating group) is 1. The summed E-state index contributed by atoms with van der Waals surface area (Å²) >= 11 is 12.0. The van der Waals surface area contributed by atoms with Gasteiger partial charge in [0.15, 0.2) is 0 Å². The SMILES string of the molecule is CCOC(=O)CCN(C)C(=O)Cc1c(Cl)cccc1Cl. The van der Waals surface area contributed by atoms with Crippen LogP contribution in [-0.4, -0.2) is 37.0 Å². The zero-order valence-electron chi connectivity index (χ0n) is 11.5. The maximum absolute atomic E-state index is 12.0. The fraction of sp³-hybridized carbons (Fsp3) is 0.429. The molecule has 0 aliphatic rings. The van der Waals surface area contributed by atoms with E-state index in [-0.39, 0.29) is 24.7 Å². The first-order valence-electron chi connectivity index (χ1n) is 6.28. The van der Waals surface area contributed by atoms with Gasteiger partial charge in [0, 0.05) is 23.6 Å². The van der Waals surface area contributed by atoms with Gasteiger partial charge in [-0.2, -0.15) is 0 Å². The Morgan fingerprint density at radius 1 is 1.25 bits per heavy atom. The van der Waals surface area contributed by atoms with E-state index in [2.05, 4.69) is 0 Å². The van der Waals surface area contributed by atoms with Gasteiger partial charge >= 0.3 is 5.97 Å². The third kappa shape index (κ3) is 5.02. The molecule has 0 spiro atoms. The molecule has 0 unspecified atom stereocenters. The number of nitrogens with zero attached hydrogens (tertiary/aromatic N) is 1. The van der Waals surface area contributed by atoms with Crippen molar-refractivity contribution >= 4 is 35.1 Å². The Morgan fingerprint density at radius 2 is 1.85 bits per heavy atom. The molecular formula is C14H17Cl2NO3. The lowest BCUT2D eigenvalue weighted by Gasteiger charge is -2.17. The molecule has 0 heterocycles. The number of carbonyl (C=O) groups excluding carboxylic acids is 2. The molecule has 0 aliphatic carbocycles. The minimum absolute atomic E-state index is 0.109. The number of carbonyl (C=O) groups is 2. The average molecular weight is 318 g/mol. The van der Waals surface area contributed by atoms with Gasteiger partial charge in [0.05, 0.1) is 19.4 Å². The number of hydrogen-bond donors (Lipinski definition) is 0. The summed E-state index contributed by atoms with van der Waals surface area (Å²) in [6.45, 7) is 2.39. The van der Waals surface area contributed by atoms with E-state index < -0.39 is 0 Å². The van der Waals surface area contributed by atoms with E-state index >= 15 is 0 Å². The molecule has 0 saturated carbocycles. The molecule has 1 aromatic carbocycles. The smallest absolute Gasteiger partial charge is 0.307 e. The highest BCUT2D eigenvalue weighted by Crippen LogP contribution is 2.25. The van der Waals surface area contributed by atoms with Crippen LogP contribution in [0, 0.1) is 0 Å². The number of benzene rings is 1. The molecule has 1 aromatic rings. The van der Waals surface area contributed by atoms with Crippen LogP contribution < -0.4 is 0 Å². The summed E-state index contributed by atoms with van der Waals surface area (Å²) in [7, 11) is 1.63. The molecular weight excluding hydrogens is 301 g/mol. The van der Waals surface area contributed by atoms with E-state index in [9.17, 15) is 9.59 Å². The summed E-state index contributed by atoms with van der Waals surface area (Å²) < 4.78 is 4.81. The molecule has 1 amide bonds. The molecule has 20 heavy (non-hydrogen) atoms. The Hall–Kier alpha value is -1.26. The molecule has 110 valence electrons. The van der Waals surface area contributed by atoms with Crippen LogP contribution >= 0.6 is 23.2 Å². The van der Waals surface area contributed by atoms with Gasteiger partial charge in [-0.1, -0.05) is 29.3 Å². The summed E-state index contributed by atoms with van der Waals surface area (Å²) in [4.78, 5) is 24.7. The van der Waals surface area contributed by atoms with Crippen LogP contribution in [0.25, 0.3) is 0 Å². The molecule has 0 radical (unpaired) electrons. The first kappa shape index (κ1) is 16.8. The quantitative estimate of drug-likeness (QED) is 0.758. The predicted octanol–water partition coefficient (Wildman–Crippen LogP) is 2.95. The van der Waals surface area contributed by atoms with Crippen molar-refractivity contribution in [1.29, 1.82) is 0 Å². The Kier molecular flexibility index (Phi) is 6.82. The van der Waals surface area contributed by atoms with Gasteiger partial charge in [0.25, 0.3) is 0 Å². The molecule has 0 aliphatic heterocycles. The van der Waals surface area contributed by atoms with Gasteiger partial charge in [-0.15, -0.1) is 0 Å². The Balaban J connectivity index is 2.56. The van der Waals surface area contributed by atoms with E-state index in [1.807, 2.05) is 0 Å². The highest BCUT2D eigenvalue weighted by molar-refractivity contribution is 6.36. The van der Waals surface area contributed by atoms with E-state index in [0.717, 1.165) is 0 Å². The maximum Gasteiger partial charge on any atom is 0.307 e. The lowest BCUT2D eigenvalue weighted by atomic mass is 10.1. The third-order valence-electron chi connectivity index (χ3n) is 2.77. The highest BCUT2D eigenvalue weighted by Gasteiger charge is 2.15. The Labute approximate surface area is 128 Å². The van der Waals surface area contributed by atoms with Gasteiger partial charge in [0.2, 0.25) is 5.91 Å². The van der Waals surface area contributed by atoms with Crippen LogP contribution in [-0.2, 0) is 20.7 Å². The van der Waals surface area contributed by atoms with Gasteiger partial charge in [-0.25, -0.2) is 0 Å². The van der Waals surface area contributed by atoms with Crippen LogP contribution in [0.1, 0.15) is 18.9 Å². The van der Waals surface area contributed by atoms with E-state index in [1.165, 1.54) is 4.90 Å². The van der Waals surface area contributed by atoms with Crippen LogP contribution in [0.5, 0.6) is 0 Å². The van der Waals surface area contributed by atoms with E-state index in [0.29, 0.717) is 28.8 Å². The number of ether oxygens (including phenoxy) is 1. The van der Waals surface area contributed by atoms with Gasteiger partial charge in [-0.05, 0) is 24.6 Å². The second-order valence-corrected chi connectivity index (χ2v) is 5.06. The third-order valence-corrected chi connectivity index (χ3v) is 3.48. The zero-order valence-corrected chi connectivity index (χ0v) is 13.0. The summed E-state index contributed by atoms with van der Waals surface area (Å²) in [5.74, 6) is -0.466. The van der Waals surface area contributed by atoms with Crippen LogP contribution in [0.3, 0.4) is 0 Å². The van der Waals surface area contributed by atoms with Crippen LogP contribution in [0.4, 0.5) is 0 Å². The molecule has 4 nitrogen and oxygen atoms in total. The summed E-state index contributed by atoms with van der Waals surface area (Å²) in [6, 6.07) is 5.10. The fourth-order valence-corrected chi connectivity index (χ4v) is 2.14. The lowest BCUT2D eigenvalue weighted by Crippen LogP contribution is -2.30. The van der Waals surface area contributed by atoms with Gasteiger partial charge in [-0.3, -0.25) is 9.59 Å². The number of esters is 1. The molecule has 0 fully saturated rings.